The Hall–Kier alpha value is -1.91. The number of benzene rings is 2. The number of nitrogens with zero attached hydrogens (tertiary/aromatic N) is 1. The topological polar surface area (TPSA) is 32.3 Å². The van der Waals surface area contributed by atoms with Gasteiger partial charge in [-0.3, -0.25) is 9.69 Å². The average molecular weight is 375 g/mol. The van der Waals surface area contributed by atoms with Crippen molar-refractivity contribution in [2.75, 3.05) is 13.1 Å². The normalized spacial score (nSPS) is 19.1. The molecule has 1 aliphatic rings. The summed E-state index contributed by atoms with van der Waals surface area (Å²) in [6.45, 7) is 4.39. The van der Waals surface area contributed by atoms with E-state index in [2.05, 4.69) is 10.2 Å². The molecule has 2 atom stereocenters. The van der Waals surface area contributed by atoms with Gasteiger partial charge in [-0.25, -0.2) is 4.39 Å². The second kappa shape index (κ2) is 8.65. The van der Waals surface area contributed by atoms with E-state index in [1.54, 1.807) is 12.1 Å². The molecule has 3 rings (SSSR count). The smallest absolute Gasteiger partial charge is 0.224 e. The van der Waals surface area contributed by atoms with Gasteiger partial charge in [0.05, 0.1) is 12.0 Å². The molecule has 1 saturated heterocycles. The van der Waals surface area contributed by atoms with Crippen molar-refractivity contribution in [1.29, 1.82) is 0 Å². The molecule has 0 aromatic heterocycles. The number of nitrogens with one attached hydrogen (secondary N) is 1. The Morgan fingerprint density at radius 3 is 2.73 bits per heavy atom. The molecule has 0 saturated carbocycles. The van der Waals surface area contributed by atoms with Gasteiger partial charge >= 0.3 is 0 Å². The van der Waals surface area contributed by atoms with Gasteiger partial charge in [-0.15, -0.1) is 0 Å². The molecule has 0 spiro atoms. The Balaban J connectivity index is 1.57. The van der Waals surface area contributed by atoms with Gasteiger partial charge in [0, 0.05) is 18.1 Å². The van der Waals surface area contributed by atoms with Gasteiger partial charge in [0.25, 0.3) is 0 Å². The quantitative estimate of drug-likeness (QED) is 0.831. The molecule has 1 fully saturated rings. The molecular weight excluding hydrogens is 351 g/mol. The molecule has 1 N–H and O–H groups in total. The highest BCUT2D eigenvalue weighted by atomic mass is 35.5. The maximum atomic E-state index is 13.1. The molecule has 26 heavy (non-hydrogen) atoms. The molecule has 2 aromatic rings. The number of hydrogen-bond donors (Lipinski definition) is 1. The summed E-state index contributed by atoms with van der Waals surface area (Å²) in [5.41, 5.74) is 2.00. The summed E-state index contributed by atoms with van der Waals surface area (Å²) in [5.74, 6) is -0.241. The summed E-state index contributed by atoms with van der Waals surface area (Å²) in [5, 5.41) is 3.83. The number of likely N-dealkylation sites (tertiary alicyclic amines) is 1. The highest BCUT2D eigenvalue weighted by molar-refractivity contribution is 6.31. The predicted molar refractivity (Wildman–Crippen MR) is 102 cm³/mol. The van der Waals surface area contributed by atoms with Gasteiger partial charge in [-0.2, -0.15) is 0 Å². The van der Waals surface area contributed by atoms with E-state index in [9.17, 15) is 9.18 Å². The fourth-order valence-electron chi connectivity index (χ4n) is 3.45. The van der Waals surface area contributed by atoms with Crippen LogP contribution >= 0.6 is 11.6 Å². The molecule has 5 heteroatoms. The summed E-state index contributed by atoms with van der Waals surface area (Å²) in [6.07, 6.45) is 1.88. The molecule has 138 valence electrons. The van der Waals surface area contributed by atoms with E-state index >= 15 is 0 Å². The van der Waals surface area contributed by atoms with Gasteiger partial charge in [0.1, 0.15) is 5.82 Å². The van der Waals surface area contributed by atoms with Gasteiger partial charge in [0.15, 0.2) is 0 Å². The third-order valence-corrected chi connectivity index (χ3v) is 5.33. The van der Waals surface area contributed by atoms with Crippen LogP contribution in [0.15, 0.2) is 48.5 Å². The van der Waals surface area contributed by atoms with E-state index in [0.29, 0.717) is 0 Å². The molecule has 0 unspecified atom stereocenters. The van der Waals surface area contributed by atoms with Crippen LogP contribution in [-0.2, 0) is 11.3 Å². The van der Waals surface area contributed by atoms with Crippen molar-refractivity contribution < 1.29 is 9.18 Å². The molecule has 1 heterocycles. The summed E-state index contributed by atoms with van der Waals surface area (Å²) < 4.78 is 13.1. The third kappa shape index (κ3) is 4.83. The van der Waals surface area contributed by atoms with Gasteiger partial charge in [-0.05, 0) is 55.6 Å². The molecular formula is C21H24ClFN2O. The van der Waals surface area contributed by atoms with Crippen LogP contribution in [0.2, 0.25) is 5.02 Å². The van der Waals surface area contributed by atoms with E-state index in [4.69, 9.17) is 11.6 Å². The van der Waals surface area contributed by atoms with Crippen LogP contribution in [0.5, 0.6) is 0 Å². The van der Waals surface area contributed by atoms with Crippen molar-refractivity contribution >= 4 is 17.5 Å². The standard InChI is InChI=1S/C21H24ClFN2O/c1-15(16-8-10-19(23)11-9-16)24-21(26)18-6-4-12-25(14-18)13-17-5-2-3-7-20(17)22/h2-3,5,7-11,15,18H,4,6,12-14H2,1H3,(H,24,26)/t15-,18-/m1/s1. The Bertz CT molecular complexity index is 750. The second-order valence-corrected chi connectivity index (χ2v) is 7.35. The van der Waals surface area contributed by atoms with Crippen molar-refractivity contribution in [3.8, 4) is 0 Å². The van der Waals surface area contributed by atoms with Crippen molar-refractivity contribution in [1.82, 2.24) is 10.2 Å². The predicted octanol–water partition coefficient (Wildman–Crippen LogP) is 4.57. The van der Waals surface area contributed by atoms with Crippen LogP contribution in [0.1, 0.15) is 36.9 Å². The first-order valence-corrected chi connectivity index (χ1v) is 9.42. The van der Waals surface area contributed by atoms with Crippen LogP contribution in [0.3, 0.4) is 0 Å². The molecule has 2 aromatic carbocycles. The molecule has 1 aliphatic heterocycles. The van der Waals surface area contributed by atoms with Crippen LogP contribution in [0, 0.1) is 11.7 Å². The lowest BCUT2D eigenvalue weighted by atomic mass is 9.96. The summed E-state index contributed by atoms with van der Waals surface area (Å²) in [6, 6.07) is 14.0. The van der Waals surface area contributed by atoms with Crippen LogP contribution in [0.25, 0.3) is 0 Å². The highest BCUT2D eigenvalue weighted by Gasteiger charge is 2.27. The minimum atomic E-state index is -0.269. The van der Waals surface area contributed by atoms with Crippen molar-refractivity contribution in [3.63, 3.8) is 0 Å². The molecule has 0 bridgehead atoms. The SMILES string of the molecule is C[C@@H](NC(=O)[C@@H]1CCCN(Cc2ccccc2Cl)C1)c1ccc(F)cc1. The van der Waals surface area contributed by atoms with E-state index in [-0.39, 0.29) is 23.7 Å². The highest BCUT2D eigenvalue weighted by Crippen LogP contribution is 2.23. The minimum absolute atomic E-state index is 0.0332. The molecule has 1 amide bonds. The number of amides is 1. The largest absolute Gasteiger partial charge is 0.349 e. The Labute approximate surface area is 159 Å². The van der Waals surface area contributed by atoms with Crippen LogP contribution in [0.4, 0.5) is 4.39 Å². The fraction of sp³-hybridized carbons (Fsp3) is 0.381. The maximum absolute atomic E-state index is 13.1. The summed E-state index contributed by atoms with van der Waals surface area (Å²) >= 11 is 6.26. The first-order chi connectivity index (χ1) is 12.5. The second-order valence-electron chi connectivity index (χ2n) is 6.95. The number of carbonyl (C=O) groups is 1. The number of halogens is 2. The van der Waals surface area contributed by atoms with E-state index in [1.165, 1.54) is 12.1 Å². The Morgan fingerprint density at radius 1 is 1.27 bits per heavy atom. The Morgan fingerprint density at radius 2 is 2.00 bits per heavy atom. The molecule has 0 radical (unpaired) electrons. The van der Waals surface area contributed by atoms with E-state index in [1.807, 2.05) is 31.2 Å². The Kier molecular flexibility index (Phi) is 6.28. The molecule has 3 nitrogen and oxygen atoms in total. The van der Waals surface area contributed by atoms with Crippen molar-refractivity contribution in [2.45, 2.75) is 32.4 Å². The maximum Gasteiger partial charge on any atom is 0.224 e. The molecule has 0 aliphatic carbocycles. The number of piperidine rings is 1. The average Bonchev–Trinajstić information content (AvgIpc) is 2.64. The zero-order valence-electron chi connectivity index (χ0n) is 14.9. The van der Waals surface area contributed by atoms with E-state index in [0.717, 1.165) is 48.6 Å². The first kappa shape index (κ1) is 18.9. The zero-order chi connectivity index (χ0) is 18.5. The van der Waals surface area contributed by atoms with Crippen LogP contribution < -0.4 is 5.32 Å². The van der Waals surface area contributed by atoms with Crippen LogP contribution in [-0.4, -0.2) is 23.9 Å². The van der Waals surface area contributed by atoms with Gasteiger partial charge in [0.2, 0.25) is 5.91 Å². The number of rotatable bonds is 5. The first-order valence-electron chi connectivity index (χ1n) is 9.04. The number of hydrogen-bond acceptors (Lipinski definition) is 2. The van der Waals surface area contributed by atoms with Gasteiger partial charge < -0.3 is 5.32 Å². The van der Waals surface area contributed by atoms with Crippen molar-refractivity contribution in [3.05, 3.63) is 70.5 Å². The van der Waals surface area contributed by atoms with E-state index < -0.39 is 0 Å². The van der Waals surface area contributed by atoms with Gasteiger partial charge in [-0.1, -0.05) is 41.9 Å². The minimum Gasteiger partial charge on any atom is -0.349 e. The fourth-order valence-corrected chi connectivity index (χ4v) is 3.64. The lowest BCUT2D eigenvalue weighted by Crippen LogP contribution is -2.43. The van der Waals surface area contributed by atoms with Crippen molar-refractivity contribution in [2.24, 2.45) is 5.92 Å². The number of carbonyl (C=O) groups excluding carboxylic acids is 1. The zero-order valence-corrected chi connectivity index (χ0v) is 15.7. The third-order valence-electron chi connectivity index (χ3n) is 4.96. The lowest BCUT2D eigenvalue weighted by molar-refractivity contribution is -0.127. The monoisotopic (exact) mass is 374 g/mol. The summed E-state index contributed by atoms with van der Waals surface area (Å²) in [7, 11) is 0. The lowest BCUT2D eigenvalue weighted by Gasteiger charge is -2.32. The summed E-state index contributed by atoms with van der Waals surface area (Å²) in [4.78, 5) is 15.0.